The Balaban J connectivity index is 1.88. The number of halogens is 4. The van der Waals surface area contributed by atoms with Gasteiger partial charge in [0.05, 0.1) is 24.0 Å². The maximum atomic E-state index is 13.2. The second-order valence-electron chi connectivity index (χ2n) is 7.25. The third kappa shape index (κ3) is 5.20. The lowest BCUT2D eigenvalue weighted by Crippen LogP contribution is -2.38. The summed E-state index contributed by atoms with van der Waals surface area (Å²) in [5.41, 5.74) is 0.227. The Morgan fingerprint density at radius 1 is 1.12 bits per heavy atom. The largest absolute Gasteiger partial charge is 0.618 e. The zero-order valence-electron chi connectivity index (χ0n) is 17.0. The SMILES string of the molecule is CC(O)c1cc(C(=O)N[C@H](C)c2ccc(C(F)(F)F)[n+]([O-])c2)cc(-c2ccc(F)cn2)c1. The number of aromatic nitrogens is 2. The Labute approximate surface area is 180 Å². The van der Waals surface area contributed by atoms with Crippen LogP contribution in [0.3, 0.4) is 0 Å². The highest BCUT2D eigenvalue weighted by molar-refractivity contribution is 5.96. The van der Waals surface area contributed by atoms with Gasteiger partial charge in [0.25, 0.3) is 11.6 Å². The van der Waals surface area contributed by atoms with Gasteiger partial charge in [-0.3, -0.25) is 9.78 Å². The van der Waals surface area contributed by atoms with Crippen LogP contribution in [-0.4, -0.2) is 16.0 Å². The van der Waals surface area contributed by atoms with Crippen molar-refractivity contribution in [1.82, 2.24) is 10.3 Å². The Kier molecular flexibility index (Phi) is 6.45. The van der Waals surface area contributed by atoms with Gasteiger partial charge >= 0.3 is 6.18 Å². The predicted octanol–water partition coefficient (Wildman–Crippen LogP) is 4.08. The summed E-state index contributed by atoms with van der Waals surface area (Å²) in [5, 5.41) is 24.3. The van der Waals surface area contributed by atoms with Gasteiger partial charge in [-0.05, 0) is 55.8 Å². The minimum atomic E-state index is -4.79. The van der Waals surface area contributed by atoms with E-state index >= 15 is 0 Å². The average molecular weight is 449 g/mol. The molecule has 3 aromatic rings. The standard InChI is InChI=1S/C22H19F4N3O3/c1-12(14-3-6-20(22(24,25)26)29(32)11-14)28-21(31)17-8-15(13(2)30)7-16(9-17)19-5-4-18(23)10-27-19/h3-13,30H,1-2H3,(H,28,31)/t12-,13?/m1/s1. The van der Waals surface area contributed by atoms with Crippen LogP contribution in [0.4, 0.5) is 17.6 Å². The Morgan fingerprint density at radius 3 is 2.41 bits per heavy atom. The van der Waals surface area contributed by atoms with Gasteiger partial charge in [0, 0.05) is 22.8 Å². The van der Waals surface area contributed by atoms with E-state index < -0.39 is 35.7 Å². The van der Waals surface area contributed by atoms with Crippen LogP contribution in [0.1, 0.15) is 53.2 Å². The number of carbonyl (C=O) groups excluding carboxylic acids is 1. The molecule has 3 rings (SSSR count). The third-order valence-electron chi connectivity index (χ3n) is 4.80. The first-order valence-electron chi connectivity index (χ1n) is 9.52. The van der Waals surface area contributed by atoms with Crippen molar-refractivity contribution in [2.75, 3.05) is 0 Å². The van der Waals surface area contributed by atoms with Crippen LogP contribution in [0.15, 0.2) is 54.9 Å². The molecule has 1 unspecified atom stereocenters. The highest BCUT2D eigenvalue weighted by Crippen LogP contribution is 2.27. The summed E-state index contributed by atoms with van der Waals surface area (Å²) in [4.78, 5) is 16.8. The van der Waals surface area contributed by atoms with Crippen LogP contribution >= 0.6 is 0 Å². The third-order valence-corrected chi connectivity index (χ3v) is 4.80. The van der Waals surface area contributed by atoms with E-state index in [-0.39, 0.29) is 15.9 Å². The number of hydrogen-bond donors (Lipinski definition) is 2. The number of aliphatic hydroxyl groups excluding tert-OH is 1. The van der Waals surface area contributed by atoms with E-state index in [1.165, 1.54) is 38.1 Å². The molecule has 0 radical (unpaired) electrons. The number of carbonyl (C=O) groups is 1. The fraction of sp³-hybridized carbons (Fsp3) is 0.227. The van der Waals surface area contributed by atoms with Crippen LogP contribution < -0.4 is 10.0 Å². The molecular formula is C22H19F4N3O3. The van der Waals surface area contributed by atoms with Crippen molar-refractivity contribution in [3.63, 3.8) is 0 Å². The average Bonchev–Trinajstić information content (AvgIpc) is 2.72. The molecular weight excluding hydrogens is 430 g/mol. The van der Waals surface area contributed by atoms with Gasteiger partial charge in [-0.25, -0.2) is 4.39 Å². The quantitative estimate of drug-likeness (QED) is 0.349. The van der Waals surface area contributed by atoms with Crippen molar-refractivity contribution >= 4 is 5.91 Å². The summed E-state index contributed by atoms with van der Waals surface area (Å²) in [6, 6.07) is 8.18. The first-order chi connectivity index (χ1) is 15.0. The molecule has 1 amide bonds. The van der Waals surface area contributed by atoms with E-state index in [1.54, 1.807) is 6.07 Å². The highest BCUT2D eigenvalue weighted by Gasteiger charge is 2.39. The van der Waals surface area contributed by atoms with Crippen molar-refractivity contribution in [1.29, 1.82) is 0 Å². The van der Waals surface area contributed by atoms with Crippen molar-refractivity contribution in [3.8, 4) is 11.3 Å². The summed E-state index contributed by atoms with van der Waals surface area (Å²) in [5.74, 6) is -1.11. The van der Waals surface area contributed by atoms with Crippen LogP contribution in [-0.2, 0) is 6.18 Å². The first kappa shape index (κ1) is 23.1. The van der Waals surface area contributed by atoms with E-state index in [4.69, 9.17) is 0 Å². The molecule has 0 spiro atoms. The number of pyridine rings is 2. The molecule has 2 atom stereocenters. The van der Waals surface area contributed by atoms with E-state index in [1.807, 2.05) is 0 Å². The van der Waals surface area contributed by atoms with E-state index in [9.17, 15) is 32.7 Å². The van der Waals surface area contributed by atoms with Gasteiger partial charge in [0.2, 0.25) is 0 Å². The molecule has 0 saturated heterocycles. The van der Waals surface area contributed by atoms with Gasteiger partial charge in [0.15, 0.2) is 6.20 Å². The molecule has 32 heavy (non-hydrogen) atoms. The highest BCUT2D eigenvalue weighted by atomic mass is 19.4. The molecule has 0 aliphatic heterocycles. The van der Waals surface area contributed by atoms with Gasteiger partial charge in [-0.1, -0.05) is 0 Å². The molecule has 2 aromatic heterocycles. The van der Waals surface area contributed by atoms with Crippen molar-refractivity contribution < 1.29 is 32.2 Å². The lowest BCUT2D eigenvalue weighted by atomic mass is 9.99. The summed E-state index contributed by atoms with van der Waals surface area (Å²) >= 11 is 0. The number of nitrogens with zero attached hydrogens (tertiary/aromatic N) is 2. The topological polar surface area (TPSA) is 89.2 Å². The van der Waals surface area contributed by atoms with Gasteiger partial charge in [-0.2, -0.15) is 17.9 Å². The fourth-order valence-corrected chi connectivity index (χ4v) is 3.05. The van der Waals surface area contributed by atoms with Crippen molar-refractivity contribution in [2.24, 2.45) is 0 Å². The molecule has 0 bridgehead atoms. The summed E-state index contributed by atoms with van der Waals surface area (Å²) in [7, 11) is 0. The minimum absolute atomic E-state index is 0.151. The molecule has 2 N–H and O–H groups in total. The minimum Gasteiger partial charge on any atom is -0.618 e. The van der Waals surface area contributed by atoms with Crippen molar-refractivity contribution in [2.45, 2.75) is 32.2 Å². The van der Waals surface area contributed by atoms with E-state index in [2.05, 4.69) is 10.3 Å². The van der Waals surface area contributed by atoms with Gasteiger partial charge in [0.1, 0.15) is 5.82 Å². The smallest absolute Gasteiger partial charge is 0.478 e. The molecule has 6 nitrogen and oxygen atoms in total. The zero-order chi connectivity index (χ0) is 23.6. The Hall–Kier alpha value is -3.53. The maximum Gasteiger partial charge on any atom is 0.478 e. The molecule has 2 heterocycles. The molecule has 0 fully saturated rings. The summed E-state index contributed by atoms with van der Waals surface area (Å²) in [6.07, 6.45) is -3.92. The number of rotatable bonds is 5. The second kappa shape index (κ2) is 8.91. The normalized spacial score (nSPS) is 13.5. The van der Waals surface area contributed by atoms with Crippen LogP contribution in [0.2, 0.25) is 0 Å². The van der Waals surface area contributed by atoms with Crippen LogP contribution in [0, 0.1) is 11.0 Å². The second-order valence-corrected chi connectivity index (χ2v) is 7.25. The lowest BCUT2D eigenvalue weighted by molar-refractivity contribution is -0.629. The number of alkyl halides is 3. The van der Waals surface area contributed by atoms with Crippen molar-refractivity contribution in [3.05, 3.63) is 88.3 Å². The molecule has 1 aromatic carbocycles. The molecule has 10 heteroatoms. The first-order valence-corrected chi connectivity index (χ1v) is 9.52. The van der Waals surface area contributed by atoms with Crippen LogP contribution in [0.25, 0.3) is 11.3 Å². The van der Waals surface area contributed by atoms with Gasteiger partial charge in [-0.15, -0.1) is 0 Å². The number of amides is 1. The monoisotopic (exact) mass is 449 g/mol. The summed E-state index contributed by atoms with van der Waals surface area (Å²) < 4.78 is 51.2. The lowest BCUT2D eigenvalue weighted by Gasteiger charge is -2.16. The molecule has 0 aliphatic rings. The molecule has 0 saturated carbocycles. The fourth-order valence-electron chi connectivity index (χ4n) is 3.05. The van der Waals surface area contributed by atoms with E-state index in [0.717, 1.165) is 18.5 Å². The summed E-state index contributed by atoms with van der Waals surface area (Å²) in [6.45, 7) is 3.03. The van der Waals surface area contributed by atoms with Crippen LogP contribution in [0.5, 0.6) is 0 Å². The van der Waals surface area contributed by atoms with E-state index in [0.29, 0.717) is 22.9 Å². The Bertz CT molecular complexity index is 1130. The molecule has 0 aliphatic carbocycles. The number of benzene rings is 1. The molecule has 168 valence electrons. The number of nitrogens with one attached hydrogen (secondary N) is 1. The zero-order valence-corrected chi connectivity index (χ0v) is 17.0. The maximum absolute atomic E-state index is 13.2. The Morgan fingerprint density at radius 2 is 1.84 bits per heavy atom. The predicted molar refractivity (Wildman–Crippen MR) is 107 cm³/mol. The number of aliphatic hydroxyl groups is 1. The number of hydrogen-bond acceptors (Lipinski definition) is 4. The van der Waals surface area contributed by atoms with Gasteiger partial charge < -0.3 is 15.6 Å².